The molecule has 0 bridgehead atoms. The van der Waals surface area contributed by atoms with Crippen LogP contribution in [0.5, 0.6) is 0 Å². The van der Waals surface area contributed by atoms with E-state index in [1.165, 1.54) is 5.56 Å². The lowest BCUT2D eigenvalue weighted by molar-refractivity contribution is 0.169. The topological polar surface area (TPSA) is 60.2 Å². The Morgan fingerprint density at radius 3 is 2.90 bits per heavy atom. The molecule has 2 aromatic rings. The molecule has 0 radical (unpaired) electrons. The molecular formula is C15H19N3O2. The van der Waals surface area contributed by atoms with Crippen molar-refractivity contribution in [1.29, 1.82) is 0 Å². The average molecular weight is 273 g/mol. The number of rotatable bonds is 5. The summed E-state index contributed by atoms with van der Waals surface area (Å²) < 4.78 is 10.7. The van der Waals surface area contributed by atoms with Gasteiger partial charge >= 0.3 is 0 Å². The number of hydrogen-bond acceptors (Lipinski definition) is 5. The summed E-state index contributed by atoms with van der Waals surface area (Å²) in [7, 11) is 0. The van der Waals surface area contributed by atoms with E-state index in [9.17, 15) is 0 Å². The van der Waals surface area contributed by atoms with Crippen molar-refractivity contribution < 1.29 is 9.26 Å². The third-order valence-corrected chi connectivity index (χ3v) is 3.60. The van der Waals surface area contributed by atoms with Crippen LogP contribution < -0.4 is 5.32 Å². The number of nitrogens with zero attached hydrogens (tertiary/aromatic N) is 2. The monoisotopic (exact) mass is 273 g/mol. The summed E-state index contributed by atoms with van der Waals surface area (Å²) in [4.78, 5) is 4.42. The number of ether oxygens (including phenoxy) is 1. The normalized spacial score (nSPS) is 22.2. The zero-order valence-corrected chi connectivity index (χ0v) is 11.6. The van der Waals surface area contributed by atoms with E-state index in [1.54, 1.807) is 0 Å². The van der Waals surface area contributed by atoms with Gasteiger partial charge in [0.2, 0.25) is 5.89 Å². The molecule has 1 aliphatic heterocycles. The summed E-state index contributed by atoms with van der Waals surface area (Å²) in [5, 5.41) is 7.45. The van der Waals surface area contributed by atoms with Crippen LogP contribution in [0.15, 0.2) is 34.9 Å². The van der Waals surface area contributed by atoms with Crippen molar-refractivity contribution in [2.24, 2.45) is 0 Å². The molecule has 5 nitrogen and oxygen atoms in total. The molecule has 1 saturated heterocycles. The van der Waals surface area contributed by atoms with E-state index in [-0.39, 0.29) is 5.54 Å². The van der Waals surface area contributed by atoms with Gasteiger partial charge in [-0.15, -0.1) is 0 Å². The predicted molar refractivity (Wildman–Crippen MR) is 74.2 cm³/mol. The first-order valence-electron chi connectivity index (χ1n) is 6.92. The van der Waals surface area contributed by atoms with Gasteiger partial charge < -0.3 is 14.6 Å². The van der Waals surface area contributed by atoms with E-state index >= 15 is 0 Å². The molecule has 1 fully saturated rings. The minimum Gasteiger partial charge on any atom is -0.379 e. The van der Waals surface area contributed by atoms with Crippen molar-refractivity contribution >= 4 is 0 Å². The number of nitrogens with one attached hydrogen (secondary N) is 1. The number of benzene rings is 1. The van der Waals surface area contributed by atoms with Gasteiger partial charge in [-0.05, 0) is 18.9 Å². The van der Waals surface area contributed by atoms with Gasteiger partial charge in [0.15, 0.2) is 5.82 Å². The maximum absolute atomic E-state index is 5.40. The summed E-state index contributed by atoms with van der Waals surface area (Å²) in [5.74, 6) is 1.35. The van der Waals surface area contributed by atoms with Crippen LogP contribution in [-0.4, -0.2) is 28.9 Å². The van der Waals surface area contributed by atoms with E-state index in [0.29, 0.717) is 18.9 Å². The molecule has 1 atom stereocenters. The molecule has 1 N–H and O–H groups in total. The summed E-state index contributed by atoms with van der Waals surface area (Å²) in [5.41, 5.74) is 1.21. The first kappa shape index (κ1) is 13.3. The first-order chi connectivity index (χ1) is 9.73. The van der Waals surface area contributed by atoms with Gasteiger partial charge in [0.05, 0.1) is 13.2 Å². The van der Waals surface area contributed by atoms with Gasteiger partial charge in [-0.2, -0.15) is 4.98 Å². The van der Waals surface area contributed by atoms with Crippen molar-refractivity contribution in [3.8, 4) is 0 Å². The maximum atomic E-state index is 5.40. The van der Waals surface area contributed by atoms with Gasteiger partial charge in [0.1, 0.15) is 0 Å². The Balaban J connectivity index is 1.57. The Morgan fingerprint density at radius 2 is 2.15 bits per heavy atom. The fourth-order valence-electron chi connectivity index (χ4n) is 2.31. The Bertz CT molecular complexity index is 547. The minimum absolute atomic E-state index is 0.0219. The van der Waals surface area contributed by atoms with Crippen molar-refractivity contribution in [2.75, 3.05) is 13.2 Å². The molecule has 106 valence electrons. The number of hydrogen-bond donors (Lipinski definition) is 1. The lowest BCUT2D eigenvalue weighted by atomic mass is 10.0. The third kappa shape index (κ3) is 3.23. The van der Waals surface area contributed by atoms with Crippen LogP contribution in [0.3, 0.4) is 0 Å². The van der Waals surface area contributed by atoms with Crippen molar-refractivity contribution in [1.82, 2.24) is 15.5 Å². The maximum Gasteiger partial charge on any atom is 0.240 e. The molecule has 5 heteroatoms. The Morgan fingerprint density at radius 1 is 1.30 bits per heavy atom. The van der Waals surface area contributed by atoms with E-state index in [0.717, 1.165) is 25.5 Å². The third-order valence-electron chi connectivity index (χ3n) is 3.60. The largest absolute Gasteiger partial charge is 0.379 e. The lowest BCUT2D eigenvalue weighted by Gasteiger charge is -2.22. The van der Waals surface area contributed by atoms with Gasteiger partial charge in [0.25, 0.3) is 0 Å². The SMILES string of the molecule is CC1(NCc2nc(Cc3ccccc3)no2)CCOC1. The summed E-state index contributed by atoms with van der Waals surface area (Å²) in [6.45, 7) is 4.29. The van der Waals surface area contributed by atoms with E-state index in [1.807, 2.05) is 18.2 Å². The first-order valence-corrected chi connectivity index (χ1v) is 6.92. The molecular weight excluding hydrogens is 254 g/mol. The fraction of sp³-hybridized carbons (Fsp3) is 0.467. The average Bonchev–Trinajstić information content (AvgIpc) is 3.08. The molecule has 1 aromatic heterocycles. The van der Waals surface area contributed by atoms with E-state index in [2.05, 4.69) is 34.5 Å². The van der Waals surface area contributed by atoms with Gasteiger partial charge in [-0.1, -0.05) is 35.5 Å². The number of aromatic nitrogens is 2. The summed E-state index contributed by atoms with van der Waals surface area (Å²) >= 11 is 0. The zero-order chi connectivity index (χ0) is 13.8. The molecule has 3 rings (SSSR count). The molecule has 0 amide bonds. The second-order valence-electron chi connectivity index (χ2n) is 5.48. The highest BCUT2D eigenvalue weighted by Gasteiger charge is 2.29. The van der Waals surface area contributed by atoms with Crippen LogP contribution in [0.4, 0.5) is 0 Å². The molecule has 2 heterocycles. The predicted octanol–water partition coefficient (Wildman–Crippen LogP) is 1.93. The van der Waals surface area contributed by atoms with Gasteiger partial charge in [-0.25, -0.2) is 0 Å². The summed E-state index contributed by atoms with van der Waals surface area (Å²) in [6.07, 6.45) is 1.71. The molecule has 20 heavy (non-hydrogen) atoms. The Hall–Kier alpha value is -1.72. The van der Waals surface area contributed by atoms with Gasteiger partial charge in [-0.3, -0.25) is 0 Å². The second kappa shape index (κ2) is 5.73. The highest BCUT2D eigenvalue weighted by Crippen LogP contribution is 2.18. The van der Waals surface area contributed by atoms with Crippen LogP contribution in [0.2, 0.25) is 0 Å². The quantitative estimate of drug-likeness (QED) is 0.902. The van der Waals surface area contributed by atoms with Crippen LogP contribution in [0.25, 0.3) is 0 Å². The van der Waals surface area contributed by atoms with Crippen LogP contribution >= 0.6 is 0 Å². The molecule has 1 aliphatic rings. The molecule has 0 saturated carbocycles. The summed E-state index contributed by atoms with van der Waals surface area (Å²) in [6, 6.07) is 10.1. The second-order valence-corrected chi connectivity index (χ2v) is 5.48. The minimum atomic E-state index is 0.0219. The van der Waals surface area contributed by atoms with Gasteiger partial charge in [0, 0.05) is 18.6 Å². The standard InChI is InChI=1S/C15H19N3O2/c1-15(7-8-19-11-15)16-10-14-17-13(18-20-14)9-12-5-3-2-4-6-12/h2-6,16H,7-11H2,1H3. The lowest BCUT2D eigenvalue weighted by Crippen LogP contribution is -2.42. The Labute approximate surface area is 118 Å². The van der Waals surface area contributed by atoms with Crippen molar-refractivity contribution in [3.05, 3.63) is 47.6 Å². The highest BCUT2D eigenvalue weighted by atomic mass is 16.5. The van der Waals surface area contributed by atoms with Crippen molar-refractivity contribution in [2.45, 2.75) is 31.8 Å². The zero-order valence-electron chi connectivity index (χ0n) is 11.6. The fourth-order valence-corrected chi connectivity index (χ4v) is 2.31. The van der Waals surface area contributed by atoms with E-state index in [4.69, 9.17) is 9.26 Å². The van der Waals surface area contributed by atoms with Crippen LogP contribution in [0.1, 0.15) is 30.6 Å². The molecule has 1 aromatic carbocycles. The van der Waals surface area contributed by atoms with Crippen LogP contribution in [-0.2, 0) is 17.7 Å². The van der Waals surface area contributed by atoms with E-state index < -0.39 is 0 Å². The van der Waals surface area contributed by atoms with Crippen molar-refractivity contribution in [3.63, 3.8) is 0 Å². The smallest absolute Gasteiger partial charge is 0.240 e. The molecule has 1 unspecified atom stereocenters. The molecule has 0 spiro atoms. The molecule has 0 aliphatic carbocycles. The van der Waals surface area contributed by atoms with Crippen LogP contribution in [0, 0.1) is 0 Å². The Kier molecular flexibility index (Phi) is 3.80. The highest BCUT2D eigenvalue weighted by molar-refractivity contribution is 5.18.